The van der Waals surface area contributed by atoms with Gasteiger partial charge < -0.3 is 5.11 Å². The Kier molecular flexibility index (Phi) is 2.77. The van der Waals surface area contributed by atoms with E-state index >= 15 is 0 Å². The van der Waals surface area contributed by atoms with Crippen LogP contribution in [0.5, 0.6) is 0 Å². The van der Waals surface area contributed by atoms with Crippen LogP contribution in [0.15, 0.2) is 42.5 Å². The predicted molar refractivity (Wildman–Crippen MR) is 58.7 cm³/mol. The lowest BCUT2D eigenvalue weighted by molar-refractivity contribution is -0.148. The Morgan fingerprint density at radius 3 is 2.62 bits per heavy atom. The zero-order valence-electron chi connectivity index (χ0n) is 8.77. The molecule has 0 saturated carbocycles. The fourth-order valence-corrected chi connectivity index (χ4v) is 2.15. The van der Waals surface area contributed by atoms with Gasteiger partial charge in [0.05, 0.1) is 5.92 Å². The Balaban J connectivity index is 2.42. The van der Waals surface area contributed by atoms with Crippen molar-refractivity contribution >= 4 is 5.97 Å². The Morgan fingerprint density at radius 2 is 2.00 bits per heavy atom. The van der Waals surface area contributed by atoms with Crippen molar-refractivity contribution in [2.75, 3.05) is 0 Å². The molecule has 2 nitrogen and oxygen atoms in total. The third-order valence-corrected chi connectivity index (χ3v) is 3.06. The maximum absolute atomic E-state index is 14.8. The summed E-state index contributed by atoms with van der Waals surface area (Å²) in [6.45, 7) is 0. The summed E-state index contributed by atoms with van der Waals surface area (Å²) in [5.41, 5.74) is -1.33. The maximum Gasteiger partial charge on any atom is 0.310 e. The molecule has 1 N–H and O–H groups in total. The molecular weight excluding hydrogens is 207 g/mol. The molecule has 1 aliphatic rings. The lowest BCUT2D eigenvalue weighted by atomic mass is 9.76. The van der Waals surface area contributed by atoms with Gasteiger partial charge in [-0.2, -0.15) is 0 Å². The summed E-state index contributed by atoms with van der Waals surface area (Å²) < 4.78 is 14.8. The van der Waals surface area contributed by atoms with Gasteiger partial charge in [0, 0.05) is 6.42 Å². The van der Waals surface area contributed by atoms with Crippen molar-refractivity contribution in [2.24, 2.45) is 5.92 Å². The molecule has 0 radical (unpaired) electrons. The van der Waals surface area contributed by atoms with Gasteiger partial charge >= 0.3 is 5.97 Å². The molecule has 0 amide bonds. The van der Waals surface area contributed by atoms with E-state index in [1.807, 2.05) is 0 Å². The maximum atomic E-state index is 14.8. The van der Waals surface area contributed by atoms with E-state index in [-0.39, 0.29) is 12.8 Å². The number of benzene rings is 1. The van der Waals surface area contributed by atoms with E-state index in [9.17, 15) is 9.18 Å². The number of carboxylic acids is 1. The zero-order valence-corrected chi connectivity index (χ0v) is 8.77. The molecule has 1 aromatic rings. The molecule has 0 fully saturated rings. The topological polar surface area (TPSA) is 37.3 Å². The van der Waals surface area contributed by atoms with E-state index in [2.05, 4.69) is 0 Å². The molecule has 0 heterocycles. The van der Waals surface area contributed by atoms with E-state index in [1.54, 1.807) is 42.5 Å². The molecule has 1 aliphatic carbocycles. The normalized spacial score (nSPS) is 28.9. The number of rotatable bonds is 2. The van der Waals surface area contributed by atoms with Crippen LogP contribution in [-0.4, -0.2) is 11.1 Å². The van der Waals surface area contributed by atoms with Crippen molar-refractivity contribution in [1.29, 1.82) is 0 Å². The van der Waals surface area contributed by atoms with Gasteiger partial charge in [-0.15, -0.1) is 0 Å². The summed E-state index contributed by atoms with van der Waals surface area (Å²) >= 11 is 0. The summed E-state index contributed by atoms with van der Waals surface area (Å²) in [7, 11) is 0. The summed E-state index contributed by atoms with van der Waals surface area (Å²) in [5.74, 6) is -2.06. The van der Waals surface area contributed by atoms with Crippen molar-refractivity contribution in [2.45, 2.75) is 18.5 Å². The van der Waals surface area contributed by atoms with Gasteiger partial charge in [-0.3, -0.25) is 4.79 Å². The number of allylic oxidation sites excluding steroid dienone is 2. The highest BCUT2D eigenvalue weighted by molar-refractivity contribution is 5.72. The predicted octanol–water partition coefficient (Wildman–Crippen LogP) is 2.90. The van der Waals surface area contributed by atoms with Crippen LogP contribution in [-0.2, 0) is 10.5 Å². The standard InChI is InChI=1S/C13H13FO2/c14-13(10-6-2-1-3-7-10)9-5-4-8-11(13)12(15)16/h1-7,11H,8-9H2,(H,15,16). The van der Waals surface area contributed by atoms with Crippen molar-refractivity contribution < 1.29 is 14.3 Å². The fraction of sp³-hybridized carbons (Fsp3) is 0.308. The first-order valence-corrected chi connectivity index (χ1v) is 5.27. The molecular formula is C13H13FO2. The minimum Gasteiger partial charge on any atom is -0.481 e. The highest BCUT2D eigenvalue weighted by atomic mass is 19.1. The number of aliphatic carboxylic acids is 1. The SMILES string of the molecule is O=C(O)C1CC=CCC1(F)c1ccccc1. The number of carboxylic acid groups (broad SMARTS) is 1. The van der Waals surface area contributed by atoms with E-state index in [1.165, 1.54) is 0 Å². The van der Waals surface area contributed by atoms with Crippen LogP contribution in [0.4, 0.5) is 4.39 Å². The Hall–Kier alpha value is -1.64. The van der Waals surface area contributed by atoms with Crippen molar-refractivity contribution in [3.8, 4) is 0 Å². The highest BCUT2D eigenvalue weighted by Crippen LogP contribution is 2.42. The van der Waals surface area contributed by atoms with Crippen LogP contribution < -0.4 is 0 Å². The minimum absolute atomic E-state index is 0.133. The van der Waals surface area contributed by atoms with Gasteiger partial charge in [-0.25, -0.2) is 4.39 Å². The summed E-state index contributed by atoms with van der Waals surface area (Å²) in [6, 6.07) is 8.55. The van der Waals surface area contributed by atoms with Crippen LogP contribution in [0.1, 0.15) is 18.4 Å². The molecule has 0 aromatic heterocycles. The first kappa shape index (κ1) is 10.9. The lowest BCUT2D eigenvalue weighted by Crippen LogP contribution is -2.37. The molecule has 16 heavy (non-hydrogen) atoms. The molecule has 0 aliphatic heterocycles. The first-order chi connectivity index (χ1) is 7.64. The quantitative estimate of drug-likeness (QED) is 0.778. The molecule has 3 heteroatoms. The minimum atomic E-state index is -1.78. The average molecular weight is 220 g/mol. The smallest absolute Gasteiger partial charge is 0.310 e. The third-order valence-electron chi connectivity index (χ3n) is 3.06. The molecule has 2 unspecified atom stereocenters. The second kappa shape index (κ2) is 4.08. The van der Waals surface area contributed by atoms with Crippen molar-refractivity contribution in [3.63, 3.8) is 0 Å². The fourth-order valence-electron chi connectivity index (χ4n) is 2.15. The summed E-state index contributed by atoms with van der Waals surface area (Å²) in [4.78, 5) is 11.1. The highest BCUT2D eigenvalue weighted by Gasteiger charge is 2.45. The Morgan fingerprint density at radius 1 is 1.31 bits per heavy atom. The Labute approximate surface area is 93.4 Å². The molecule has 0 bridgehead atoms. The third kappa shape index (κ3) is 1.73. The number of hydrogen-bond donors (Lipinski definition) is 1. The monoisotopic (exact) mass is 220 g/mol. The Bertz CT molecular complexity index is 413. The lowest BCUT2D eigenvalue weighted by Gasteiger charge is -2.32. The summed E-state index contributed by atoms with van der Waals surface area (Å²) in [5, 5.41) is 9.06. The first-order valence-electron chi connectivity index (χ1n) is 5.27. The second-order valence-corrected chi connectivity index (χ2v) is 4.03. The number of carbonyl (C=O) groups is 1. The number of halogens is 1. The molecule has 2 atom stereocenters. The molecule has 2 rings (SSSR count). The molecule has 84 valence electrons. The van der Waals surface area contributed by atoms with Gasteiger partial charge in [0.15, 0.2) is 5.67 Å². The van der Waals surface area contributed by atoms with Gasteiger partial charge in [0.2, 0.25) is 0 Å². The van der Waals surface area contributed by atoms with Crippen LogP contribution in [0.2, 0.25) is 0 Å². The van der Waals surface area contributed by atoms with Crippen LogP contribution in [0, 0.1) is 5.92 Å². The van der Waals surface area contributed by atoms with Gasteiger partial charge in [0.1, 0.15) is 0 Å². The van der Waals surface area contributed by atoms with Crippen molar-refractivity contribution in [1.82, 2.24) is 0 Å². The van der Waals surface area contributed by atoms with Crippen molar-refractivity contribution in [3.05, 3.63) is 48.0 Å². The van der Waals surface area contributed by atoms with E-state index in [0.29, 0.717) is 5.56 Å². The average Bonchev–Trinajstić information content (AvgIpc) is 2.30. The molecule has 1 aromatic carbocycles. The van der Waals surface area contributed by atoms with Crippen LogP contribution in [0.25, 0.3) is 0 Å². The molecule has 0 spiro atoms. The van der Waals surface area contributed by atoms with E-state index in [4.69, 9.17) is 5.11 Å². The molecule has 0 saturated heterocycles. The van der Waals surface area contributed by atoms with Gasteiger partial charge in [0.25, 0.3) is 0 Å². The van der Waals surface area contributed by atoms with Gasteiger partial charge in [-0.1, -0.05) is 42.5 Å². The largest absolute Gasteiger partial charge is 0.481 e. The number of hydrogen-bond acceptors (Lipinski definition) is 1. The summed E-state index contributed by atoms with van der Waals surface area (Å²) in [6.07, 6.45) is 3.83. The van der Waals surface area contributed by atoms with E-state index < -0.39 is 17.6 Å². The number of alkyl halides is 1. The van der Waals surface area contributed by atoms with Crippen LogP contribution >= 0.6 is 0 Å². The zero-order chi connectivity index (χ0) is 11.6. The van der Waals surface area contributed by atoms with E-state index in [0.717, 1.165) is 0 Å². The second-order valence-electron chi connectivity index (χ2n) is 4.03. The van der Waals surface area contributed by atoms with Crippen LogP contribution in [0.3, 0.4) is 0 Å². The van der Waals surface area contributed by atoms with Gasteiger partial charge in [-0.05, 0) is 12.0 Å².